The van der Waals surface area contributed by atoms with Crippen molar-refractivity contribution in [1.82, 2.24) is 20.4 Å². The van der Waals surface area contributed by atoms with Crippen LogP contribution >= 0.6 is 0 Å². The second kappa shape index (κ2) is 6.12. The number of piperidine rings is 1. The number of likely N-dealkylation sites (tertiary alicyclic amines) is 1. The van der Waals surface area contributed by atoms with Gasteiger partial charge in [-0.25, -0.2) is 0 Å². The van der Waals surface area contributed by atoms with Crippen LogP contribution in [-0.4, -0.2) is 48.3 Å². The molecule has 2 rings (SSSR count). The van der Waals surface area contributed by atoms with Crippen LogP contribution in [0.3, 0.4) is 0 Å². The van der Waals surface area contributed by atoms with Gasteiger partial charge in [-0.15, -0.1) is 0 Å². The lowest BCUT2D eigenvalue weighted by molar-refractivity contribution is 0.173. The van der Waals surface area contributed by atoms with Gasteiger partial charge in [0, 0.05) is 25.4 Å². The highest BCUT2D eigenvalue weighted by Crippen LogP contribution is 2.18. The molecule has 2 heterocycles. The van der Waals surface area contributed by atoms with E-state index in [0.29, 0.717) is 6.04 Å². The smallest absolute Gasteiger partial charge is 0.228 e. The summed E-state index contributed by atoms with van der Waals surface area (Å²) in [5, 5.41) is 7.08. The molecule has 1 atom stereocenters. The Morgan fingerprint density at radius 3 is 3.12 bits per heavy atom. The van der Waals surface area contributed by atoms with Gasteiger partial charge in [0.05, 0.1) is 0 Å². The molecule has 1 unspecified atom stereocenters. The fourth-order valence-corrected chi connectivity index (χ4v) is 2.31. The van der Waals surface area contributed by atoms with Gasteiger partial charge >= 0.3 is 0 Å². The Balaban J connectivity index is 1.87. The fourth-order valence-electron chi connectivity index (χ4n) is 2.31. The summed E-state index contributed by atoms with van der Waals surface area (Å²) >= 11 is 0. The third-order valence-corrected chi connectivity index (χ3v) is 3.44. The molecule has 1 N–H and O–H groups in total. The first kappa shape index (κ1) is 12.5. The van der Waals surface area contributed by atoms with Gasteiger partial charge in [0.1, 0.15) is 0 Å². The van der Waals surface area contributed by atoms with Gasteiger partial charge in [-0.05, 0) is 33.5 Å². The number of nitrogens with one attached hydrogen (secondary N) is 1. The highest BCUT2D eigenvalue weighted by Gasteiger charge is 2.21. The topological polar surface area (TPSA) is 54.2 Å². The molecule has 5 nitrogen and oxygen atoms in total. The second-order valence-electron chi connectivity index (χ2n) is 4.79. The van der Waals surface area contributed by atoms with E-state index in [0.717, 1.165) is 31.1 Å². The van der Waals surface area contributed by atoms with Gasteiger partial charge in [0.15, 0.2) is 5.82 Å². The minimum absolute atomic E-state index is 0.571. The summed E-state index contributed by atoms with van der Waals surface area (Å²) in [6.07, 6.45) is 5.59. The van der Waals surface area contributed by atoms with E-state index < -0.39 is 0 Å². The molecule has 0 spiro atoms. The van der Waals surface area contributed by atoms with Crippen molar-refractivity contribution >= 4 is 0 Å². The van der Waals surface area contributed by atoms with Crippen molar-refractivity contribution in [3.63, 3.8) is 0 Å². The summed E-state index contributed by atoms with van der Waals surface area (Å²) < 4.78 is 5.30. The van der Waals surface area contributed by atoms with E-state index in [9.17, 15) is 0 Å². The van der Waals surface area contributed by atoms with Crippen LogP contribution in [0.25, 0.3) is 0 Å². The highest BCUT2D eigenvalue weighted by molar-refractivity contribution is 4.91. The van der Waals surface area contributed by atoms with E-state index in [1.807, 2.05) is 7.05 Å². The molecular formula is C12H22N4O. The zero-order valence-electron chi connectivity index (χ0n) is 10.8. The standard InChI is InChI=1S/C12H22N4O/c1-13-7-6-11-14-12(17-15-11)9-10-5-3-4-8-16(10)2/h10,13H,3-9H2,1-2H3. The van der Waals surface area contributed by atoms with E-state index in [4.69, 9.17) is 4.52 Å². The van der Waals surface area contributed by atoms with Gasteiger partial charge in [-0.2, -0.15) is 4.98 Å². The van der Waals surface area contributed by atoms with Gasteiger partial charge in [-0.3, -0.25) is 0 Å². The molecule has 0 saturated carbocycles. The van der Waals surface area contributed by atoms with E-state index >= 15 is 0 Å². The van der Waals surface area contributed by atoms with Crippen molar-refractivity contribution in [2.75, 3.05) is 27.2 Å². The minimum Gasteiger partial charge on any atom is -0.339 e. The monoisotopic (exact) mass is 238 g/mol. The first-order chi connectivity index (χ1) is 8.29. The molecule has 0 aromatic carbocycles. The van der Waals surface area contributed by atoms with Crippen molar-refractivity contribution < 1.29 is 4.52 Å². The maximum absolute atomic E-state index is 5.30. The second-order valence-corrected chi connectivity index (χ2v) is 4.79. The number of likely N-dealkylation sites (N-methyl/N-ethyl adjacent to an activating group) is 2. The van der Waals surface area contributed by atoms with Crippen LogP contribution in [0.15, 0.2) is 4.52 Å². The average Bonchev–Trinajstić information content (AvgIpc) is 2.77. The van der Waals surface area contributed by atoms with Crippen LogP contribution in [0.1, 0.15) is 31.0 Å². The summed E-state index contributed by atoms with van der Waals surface area (Å²) in [5.74, 6) is 1.60. The summed E-state index contributed by atoms with van der Waals surface area (Å²) in [7, 11) is 4.11. The van der Waals surface area contributed by atoms with Crippen LogP contribution in [0.2, 0.25) is 0 Å². The zero-order valence-corrected chi connectivity index (χ0v) is 10.8. The summed E-state index contributed by atoms with van der Waals surface area (Å²) in [6, 6.07) is 0.571. The molecule has 96 valence electrons. The Bertz CT molecular complexity index is 339. The van der Waals surface area contributed by atoms with E-state index in [1.54, 1.807) is 0 Å². The number of aromatic nitrogens is 2. The molecule has 0 aliphatic carbocycles. The van der Waals surface area contributed by atoms with Crippen LogP contribution in [0, 0.1) is 0 Å². The van der Waals surface area contributed by atoms with Crippen LogP contribution < -0.4 is 5.32 Å². The summed E-state index contributed by atoms with van der Waals surface area (Å²) in [6.45, 7) is 2.08. The largest absolute Gasteiger partial charge is 0.339 e. The SMILES string of the molecule is CNCCc1noc(CC2CCCCN2C)n1. The molecule has 5 heteroatoms. The van der Waals surface area contributed by atoms with Gasteiger partial charge in [0.2, 0.25) is 5.89 Å². The van der Waals surface area contributed by atoms with Crippen LogP contribution in [0.4, 0.5) is 0 Å². The van der Waals surface area contributed by atoms with Crippen molar-refractivity contribution in [3.8, 4) is 0 Å². The maximum Gasteiger partial charge on any atom is 0.228 e. The lowest BCUT2D eigenvalue weighted by Crippen LogP contribution is -2.37. The summed E-state index contributed by atoms with van der Waals surface area (Å²) in [5.41, 5.74) is 0. The van der Waals surface area contributed by atoms with Crippen molar-refractivity contribution in [2.24, 2.45) is 0 Å². The minimum atomic E-state index is 0.571. The molecule has 17 heavy (non-hydrogen) atoms. The number of rotatable bonds is 5. The van der Waals surface area contributed by atoms with Gasteiger partial charge < -0.3 is 14.7 Å². The molecule has 0 bridgehead atoms. The normalized spacial score (nSPS) is 21.9. The highest BCUT2D eigenvalue weighted by atomic mass is 16.5. The van der Waals surface area contributed by atoms with E-state index in [2.05, 4.69) is 27.4 Å². The molecule has 0 radical (unpaired) electrons. The Morgan fingerprint density at radius 2 is 2.35 bits per heavy atom. The van der Waals surface area contributed by atoms with Gasteiger partial charge in [-0.1, -0.05) is 11.6 Å². The third kappa shape index (κ3) is 3.51. The first-order valence-electron chi connectivity index (χ1n) is 6.46. The fraction of sp³-hybridized carbons (Fsp3) is 0.833. The maximum atomic E-state index is 5.30. The molecule has 1 aromatic rings. The Hall–Kier alpha value is -0.940. The zero-order chi connectivity index (χ0) is 12.1. The van der Waals surface area contributed by atoms with E-state index in [1.165, 1.54) is 25.8 Å². The predicted molar refractivity (Wildman–Crippen MR) is 65.9 cm³/mol. The molecule has 1 fully saturated rings. The third-order valence-electron chi connectivity index (χ3n) is 3.44. The average molecular weight is 238 g/mol. The first-order valence-corrected chi connectivity index (χ1v) is 6.46. The lowest BCUT2D eigenvalue weighted by Gasteiger charge is -2.31. The quantitative estimate of drug-likeness (QED) is 0.824. The molecule has 1 aromatic heterocycles. The van der Waals surface area contributed by atoms with E-state index in [-0.39, 0.29) is 0 Å². The Labute approximate surface area is 103 Å². The predicted octanol–water partition coefficient (Wildman–Crippen LogP) is 0.858. The Morgan fingerprint density at radius 1 is 1.47 bits per heavy atom. The molecule has 1 saturated heterocycles. The molecule has 1 aliphatic rings. The van der Waals surface area contributed by atoms with Crippen molar-refractivity contribution in [2.45, 2.75) is 38.1 Å². The summed E-state index contributed by atoms with van der Waals surface area (Å²) in [4.78, 5) is 6.84. The Kier molecular flexibility index (Phi) is 4.50. The van der Waals surface area contributed by atoms with Gasteiger partial charge in [0.25, 0.3) is 0 Å². The lowest BCUT2D eigenvalue weighted by atomic mass is 10.0. The van der Waals surface area contributed by atoms with Crippen molar-refractivity contribution in [1.29, 1.82) is 0 Å². The molecule has 0 amide bonds. The van der Waals surface area contributed by atoms with Crippen LogP contribution in [-0.2, 0) is 12.8 Å². The van der Waals surface area contributed by atoms with Crippen molar-refractivity contribution in [3.05, 3.63) is 11.7 Å². The number of hydrogen-bond donors (Lipinski definition) is 1. The number of hydrogen-bond acceptors (Lipinski definition) is 5. The number of nitrogens with zero attached hydrogens (tertiary/aromatic N) is 3. The van der Waals surface area contributed by atoms with Crippen LogP contribution in [0.5, 0.6) is 0 Å². The molecule has 1 aliphatic heterocycles. The molecular weight excluding hydrogens is 216 g/mol.